The van der Waals surface area contributed by atoms with E-state index in [9.17, 15) is 0 Å². The second kappa shape index (κ2) is 4.82. The lowest BCUT2D eigenvalue weighted by Gasteiger charge is -2.35. The Balaban J connectivity index is 1.92. The molecule has 0 radical (unpaired) electrons. The normalized spacial score (nSPS) is 22.3. The first-order valence-corrected chi connectivity index (χ1v) is 6.88. The molecule has 19 heavy (non-hydrogen) atoms. The highest BCUT2D eigenvalue weighted by Gasteiger charge is 2.31. The second-order valence-electron chi connectivity index (χ2n) is 5.83. The average molecular weight is 256 g/mol. The minimum Gasteiger partial charge on any atom is -0.376 e. The van der Waals surface area contributed by atoms with E-state index in [2.05, 4.69) is 48.1 Å². The Morgan fingerprint density at radius 3 is 2.79 bits per heavy atom. The van der Waals surface area contributed by atoms with Gasteiger partial charge in [0, 0.05) is 23.8 Å². The molecule has 0 unspecified atom stereocenters. The topological polar surface area (TPSA) is 37.9 Å². The van der Waals surface area contributed by atoms with Gasteiger partial charge in [-0.3, -0.25) is 0 Å². The smallest absolute Gasteiger partial charge is 0.0929 e. The highest BCUT2D eigenvalue weighted by molar-refractivity contribution is 5.62. The van der Waals surface area contributed by atoms with E-state index in [1.807, 2.05) is 6.07 Å². The fraction of sp³-hybridized carbons (Fsp3) is 0.438. The standard InChI is InChI=1S/C16H20N2O/c1-16(2)10-13(8-9-19-16)15-14(17-11-18-15)12-6-4-3-5-7-12/h3-7,11,13H,8-10H2,1-2H3,(H,17,18)/t13-/m0/s1. The van der Waals surface area contributed by atoms with Crippen LogP contribution in [0.1, 0.15) is 38.3 Å². The van der Waals surface area contributed by atoms with Crippen LogP contribution in [0.4, 0.5) is 0 Å². The van der Waals surface area contributed by atoms with Crippen LogP contribution < -0.4 is 0 Å². The summed E-state index contributed by atoms with van der Waals surface area (Å²) in [6.45, 7) is 5.15. The van der Waals surface area contributed by atoms with Crippen LogP contribution in [0.3, 0.4) is 0 Å². The minimum atomic E-state index is -0.0397. The van der Waals surface area contributed by atoms with Crippen molar-refractivity contribution in [3.05, 3.63) is 42.4 Å². The molecular weight excluding hydrogens is 236 g/mol. The van der Waals surface area contributed by atoms with Crippen molar-refractivity contribution < 1.29 is 4.74 Å². The van der Waals surface area contributed by atoms with E-state index in [0.29, 0.717) is 5.92 Å². The van der Waals surface area contributed by atoms with Crippen LogP contribution in [0.15, 0.2) is 36.7 Å². The molecule has 1 saturated heterocycles. The summed E-state index contributed by atoms with van der Waals surface area (Å²) >= 11 is 0. The van der Waals surface area contributed by atoms with Gasteiger partial charge in [0.25, 0.3) is 0 Å². The third-order valence-electron chi connectivity index (χ3n) is 3.82. The summed E-state index contributed by atoms with van der Waals surface area (Å²) in [4.78, 5) is 7.86. The molecule has 1 fully saturated rings. The Morgan fingerprint density at radius 1 is 1.26 bits per heavy atom. The van der Waals surface area contributed by atoms with Crippen molar-refractivity contribution in [2.45, 2.75) is 38.2 Å². The molecule has 3 heteroatoms. The quantitative estimate of drug-likeness (QED) is 0.888. The third kappa shape index (κ3) is 2.56. The fourth-order valence-corrected chi connectivity index (χ4v) is 2.92. The molecule has 2 heterocycles. The first-order chi connectivity index (χ1) is 9.16. The molecule has 1 aliphatic rings. The van der Waals surface area contributed by atoms with E-state index < -0.39 is 0 Å². The van der Waals surface area contributed by atoms with Gasteiger partial charge in [-0.05, 0) is 26.7 Å². The van der Waals surface area contributed by atoms with Gasteiger partial charge in [-0.2, -0.15) is 0 Å². The number of imidazole rings is 1. The summed E-state index contributed by atoms with van der Waals surface area (Å²) in [5, 5.41) is 0. The molecule has 0 saturated carbocycles. The average Bonchev–Trinajstić information content (AvgIpc) is 2.88. The maximum Gasteiger partial charge on any atom is 0.0929 e. The van der Waals surface area contributed by atoms with Gasteiger partial charge in [-0.1, -0.05) is 30.3 Å². The van der Waals surface area contributed by atoms with Crippen molar-refractivity contribution in [1.29, 1.82) is 0 Å². The Labute approximate surface area is 114 Å². The Kier molecular flexibility index (Phi) is 3.15. The molecule has 1 aliphatic heterocycles. The van der Waals surface area contributed by atoms with Crippen LogP contribution >= 0.6 is 0 Å². The SMILES string of the molecule is CC1(C)C[C@@H](c2[nH]cnc2-c2ccccc2)CCO1. The molecule has 1 atom stereocenters. The number of nitrogens with one attached hydrogen (secondary N) is 1. The Bertz CT molecular complexity index is 545. The maximum atomic E-state index is 5.80. The zero-order valence-corrected chi connectivity index (χ0v) is 11.5. The van der Waals surface area contributed by atoms with E-state index >= 15 is 0 Å². The lowest BCUT2D eigenvalue weighted by Crippen LogP contribution is -2.33. The van der Waals surface area contributed by atoms with Crippen molar-refractivity contribution in [1.82, 2.24) is 9.97 Å². The van der Waals surface area contributed by atoms with Crippen molar-refractivity contribution in [3.63, 3.8) is 0 Å². The summed E-state index contributed by atoms with van der Waals surface area (Å²) in [5.41, 5.74) is 3.48. The Morgan fingerprint density at radius 2 is 2.05 bits per heavy atom. The summed E-state index contributed by atoms with van der Waals surface area (Å²) < 4.78 is 5.80. The molecular formula is C16H20N2O. The van der Waals surface area contributed by atoms with E-state index in [0.717, 1.165) is 25.1 Å². The maximum absolute atomic E-state index is 5.80. The van der Waals surface area contributed by atoms with E-state index in [1.54, 1.807) is 6.33 Å². The molecule has 0 bridgehead atoms. The molecule has 3 rings (SSSR count). The van der Waals surface area contributed by atoms with Crippen molar-refractivity contribution >= 4 is 0 Å². The van der Waals surface area contributed by atoms with Gasteiger partial charge in [-0.25, -0.2) is 4.98 Å². The molecule has 100 valence electrons. The zero-order chi connectivity index (χ0) is 13.3. The van der Waals surface area contributed by atoms with Gasteiger partial charge in [0.15, 0.2) is 0 Å². The van der Waals surface area contributed by atoms with Crippen LogP contribution in [0, 0.1) is 0 Å². The monoisotopic (exact) mass is 256 g/mol. The first kappa shape index (κ1) is 12.4. The summed E-state index contributed by atoms with van der Waals surface area (Å²) in [5.74, 6) is 0.501. The molecule has 1 N–H and O–H groups in total. The van der Waals surface area contributed by atoms with Gasteiger partial charge in [-0.15, -0.1) is 0 Å². The summed E-state index contributed by atoms with van der Waals surface area (Å²) in [6, 6.07) is 10.4. The minimum absolute atomic E-state index is 0.0397. The van der Waals surface area contributed by atoms with Crippen LogP contribution in [-0.4, -0.2) is 22.2 Å². The number of ether oxygens (including phenoxy) is 1. The number of benzene rings is 1. The number of aromatic amines is 1. The third-order valence-corrected chi connectivity index (χ3v) is 3.82. The Hall–Kier alpha value is -1.61. The number of rotatable bonds is 2. The molecule has 3 nitrogen and oxygen atoms in total. The molecule has 1 aromatic carbocycles. The van der Waals surface area contributed by atoms with Crippen LogP contribution in [0.2, 0.25) is 0 Å². The molecule has 0 aliphatic carbocycles. The number of H-pyrrole nitrogens is 1. The van der Waals surface area contributed by atoms with Crippen molar-refractivity contribution in [2.24, 2.45) is 0 Å². The predicted molar refractivity (Wildman–Crippen MR) is 76.0 cm³/mol. The van der Waals surface area contributed by atoms with Crippen molar-refractivity contribution in [3.8, 4) is 11.3 Å². The fourth-order valence-electron chi connectivity index (χ4n) is 2.92. The molecule has 1 aromatic heterocycles. The molecule has 0 spiro atoms. The highest BCUT2D eigenvalue weighted by Crippen LogP contribution is 2.38. The van der Waals surface area contributed by atoms with E-state index in [1.165, 1.54) is 11.3 Å². The van der Waals surface area contributed by atoms with E-state index in [-0.39, 0.29) is 5.60 Å². The zero-order valence-electron chi connectivity index (χ0n) is 11.5. The first-order valence-electron chi connectivity index (χ1n) is 6.88. The summed E-state index contributed by atoms with van der Waals surface area (Å²) in [7, 11) is 0. The highest BCUT2D eigenvalue weighted by atomic mass is 16.5. The largest absolute Gasteiger partial charge is 0.376 e. The second-order valence-corrected chi connectivity index (χ2v) is 5.83. The molecule has 0 amide bonds. The predicted octanol–water partition coefficient (Wildman–Crippen LogP) is 3.75. The van der Waals surface area contributed by atoms with Crippen LogP contribution in [0.25, 0.3) is 11.3 Å². The van der Waals surface area contributed by atoms with Crippen LogP contribution in [0.5, 0.6) is 0 Å². The van der Waals surface area contributed by atoms with Crippen molar-refractivity contribution in [2.75, 3.05) is 6.61 Å². The van der Waals surface area contributed by atoms with Gasteiger partial charge in [0.05, 0.1) is 17.6 Å². The van der Waals surface area contributed by atoms with Gasteiger partial charge < -0.3 is 9.72 Å². The number of aromatic nitrogens is 2. The lowest BCUT2D eigenvalue weighted by atomic mass is 9.85. The van der Waals surface area contributed by atoms with Gasteiger partial charge >= 0.3 is 0 Å². The molecule has 2 aromatic rings. The van der Waals surface area contributed by atoms with E-state index in [4.69, 9.17) is 4.74 Å². The number of hydrogen-bond donors (Lipinski definition) is 1. The lowest BCUT2D eigenvalue weighted by molar-refractivity contribution is -0.0596. The van der Waals surface area contributed by atoms with Crippen LogP contribution in [-0.2, 0) is 4.74 Å². The van der Waals surface area contributed by atoms with Gasteiger partial charge in [0.2, 0.25) is 0 Å². The summed E-state index contributed by atoms with van der Waals surface area (Å²) in [6.07, 6.45) is 3.90. The van der Waals surface area contributed by atoms with Gasteiger partial charge in [0.1, 0.15) is 0 Å². The number of nitrogens with zero attached hydrogens (tertiary/aromatic N) is 1. The number of hydrogen-bond acceptors (Lipinski definition) is 2.